The number of benzene rings is 1. The first-order valence-corrected chi connectivity index (χ1v) is 7.26. The van der Waals surface area contributed by atoms with Gasteiger partial charge in [-0.25, -0.2) is 4.98 Å². The molecule has 2 heteroatoms. The van der Waals surface area contributed by atoms with Gasteiger partial charge in [0.1, 0.15) is 0 Å². The van der Waals surface area contributed by atoms with E-state index in [1.54, 1.807) is 0 Å². The van der Waals surface area contributed by atoms with Crippen molar-refractivity contribution in [1.82, 2.24) is 4.98 Å². The first kappa shape index (κ1) is 13.6. The van der Waals surface area contributed by atoms with E-state index in [4.69, 9.17) is 5.73 Å². The predicted octanol–water partition coefficient (Wildman–Crippen LogP) is 4.45. The molecule has 0 bridgehead atoms. The molecule has 2 aromatic rings. The van der Waals surface area contributed by atoms with Crippen LogP contribution in [0, 0.1) is 5.41 Å². The zero-order chi connectivity index (χ0) is 14.9. The topological polar surface area (TPSA) is 38.9 Å². The molecule has 0 saturated carbocycles. The van der Waals surface area contributed by atoms with Crippen LogP contribution in [0.25, 0.3) is 16.6 Å². The van der Waals surface area contributed by atoms with Crippen LogP contribution in [-0.4, -0.2) is 4.98 Å². The number of hydrogen-bond donors (Lipinski definition) is 1. The highest BCUT2D eigenvalue weighted by Gasteiger charge is 2.20. The van der Waals surface area contributed by atoms with Gasteiger partial charge in [0, 0.05) is 10.8 Å². The van der Waals surface area contributed by atoms with Crippen LogP contribution in [-0.2, 0) is 0 Å². The van der Waals surface area contributed by atoms with Gasteiger partial charge in [-0.1, -0.05) is 55.0 Å². The Bertz CT molecular complexity index is 768. The summed E-state index contributed by atoms with van der Waals surface area (Å²) < 4.78 is 0. The highest BCUT2D eigenvalue weighted by Crippen LogP contribution is 2.32. The molecular weight excluding hydrogens is 256 g/mol. The van der Waals surface area contributed by atoms with Crippen LogP contribution in [0.4, 0.5) is 0 Å². The highest BCUT2D eigenvalue weighted by atomic mass is 14.8. The van der Waals surface area contributed by atoms with Crippen LogP contribution in [0.15, 0.2) is 66.3 Å². The second-order valence-electron chi connectivity index (χ2n) is 5.98. The van der Waals surface area contributed by atoms with Crippen LogP contribution in [0.1, 0.15) is 26.0 Å². The van der Waals surface area contributed by atoms with Crippen molar-refractivity contribution < 1.29 is 0 Å². The number of para-hydroxylation sites is 1. The van der Waals surface area contributed by atoms with E-state index in [0.717, 1.165) is 28.7 Å². The number of nitrogens with two attached hydrogens (primary N) is 1. The molecule has 0 amide bonds. The van der Waals surface area contributed by atoms with E-state index in [1.165, 1.54) is 5.57 Å². The van der Waals surface area contributed by atoms with Crippen molar-refractivity contribution in [2.24, 2.45) is 11.1 Å². The van der Waals surface area contributed by atoms with Gasteiger partial charge in [-0.05, 0) is 31.6 Å². The summed E-state index contributed by atoms with van der Waals surface area (Å²) in [6, 6.07) is 12.2. The molecule has 3 rings (SSSR count). The Kier molecular flexibility index (Phi) is 3.38. The molecule has 1 heterocycles. The molecule has 1 aromatic carbocycles. The third-order valence-electron chi connectivity index (χ3n) is 3.97. The molecular formula is C19H20N2. The molecule has 0 radical (unpaired) electrons. The summed E-state index contributed by atoms with van der Waals surface area (Å²) in [4.78, 5) is 4.65. The molecule has 1 aliphatic rings. The minimum atomic E-state index is -0.0308. The second kappa shape index (κ2) is 5.21. The van der Waals surface area contributed by atoms with Crippen molar-refractivity contribution in [3.05, 3.63) is 72.0 Å². The van der Waals surface area contributed by atoms with Gasteiger partial charge in [0.05, 0.1) is 16.9 Å². The number of nitrogens with zero attached hydrogens (tertiary/aromatic N) is 1. The quantitative estimate of drug-likeness (QED) is 0.880. The fourth-order valence-corrected chi connectivity index (χ4v) is 2.60. The molecule has 106 valence electrons. The average molecular weight is 276 g/mol. The molecule has 0 aliphatic heterocycles. The van der Waals surface area contributed by atoms with E-state index >= 15 is 0 Å². The van der Waals surface area contributed by atoms with E-state index in [9.17, 15) is 0 Å². The minimum absolute atomic E-state index is 0.0308. The van der Waals surface area contributed by atoms with Gasteiger partial charge in [0.15, 0.2) is 0 Å². The first-order chi connectivity index (χ1) is 10.1. The lowest BCUT2D eigenvalue weighted by molar-refractivity contribution is 0.554. The molecule has 0 spiro atoms. The number of fused-ring (bicyclic) bond motifs is 1. The summed E-state index contributed by atoms with van der Waals surface area (Å²) in [5.41, 5.74) is 10.1. The van der Waals surface area contributed by atoms with Crippen LogP contribution in [0.2, 0.25) is 0 Å². The molecule has 1 atom stereocenters. The Morgan fingerprint density at radius 1 is 1.24 bits per heavy atom. The second-order valence-corrected chi connectivity index (χ2v) is 5.98. The largest absolute Gasteiger partial charge is 0.397 e. The summed E-state index contributed by atoms with van der Waals surface area (Å²) in [6.45, 7) is 4.31. The molecule has 2 N–H and O–H groups in total. The number of pyridine rings is 1. The minimum Gasteiger partial charge on any atom is -0.397 e. The van der Waals surface area contributed by atoms with Gasteiger partial charge >= 0.3 is 0 Å². The zero-order valence-electron chi connectivity index (χ0n) is 12.5. The zero-order valence-corrected chi connectivity index (χ0v) is 12.5. The van der Waals surface area contributed by atoms with Crippen molar-refractivity contribution in [2.45, 2.75) is 20.3 Å². The van der Waals surface area contributed by atoms with Gasteiger partial charge in [-0.15, -0.1) is 0 Å². The molecule has 0 saturated heterocycles. The van der Waals surface area contributed by atoms with Crippen LogP contribution < -0.4 is 5.73 Å². The first-order valence-electron chi connectivity index (χ1n) is 7.26. The Labute approximate surface area is 125 Å². The Morgan fingerprint density at radius 2 is 2.05 bits per heavy atom. The maximum absolute atomic E-state index is 6.28. The standard InChI is InChI=1S/C19H20N2/c1-14-9-11-19(2,12-10-14)13-16(20)18-8-7-15-5-3-4-6-17(15)21-18/h3-11,13H,12,20H2,1-2H3. The van der Waals surface area contributed by atoms with E-state index in [1.807, 2.05) is 24.3 Å². The summed E-state index contributed by atoms with van der Waals surface area (Å²) in [6.07, 6.45) is 9.71. The fraction of sp³-hybridized carbons (Fsp3) is 0.211. The van der Waals surface area contributed by atoms with Gasteiger partial charge in [-0.3, -0.25) is 0 Å². The number of rotatable bonds is 2. The Balaban J connectivity index is 1.94. The van der Waals surface area contributed by atoms with Crippen LogP contribution in [0.3, 0.4) is 0 Å². The third-order valence-corrected chi connectivity index (χ3v) is 3.97. The summed E-state index contributed by atoms with van der Waals surface area (Å²) in [5, 5.41) is 1.14. The van der Waals surface area contributed by atoms with Crippen LogP contribution in [0.5, 0.6) is 0 Å². The lowest BCUT2D eigenvalue weighted by Crippen LogP contribution is -2.14. The maximum Gasteiger partial charge on any atom is 0.0863 e. The van der Waals surface area contributed by atoms with Gasteiger partial charge in [-0.2, -0.15) is 0 Å². The summed E-state index contributed by atoms with van der Waals surface area (Å²) in [5.74, 6) is 0. The van der Waals surface area contributed by atoms with Crippen molar-refractivity contribution in [3.63, 3.8) is 0 Å². The number of allylic oxidation sites excluding steroid dienone is 5. The normalized spacial score (nSPS) is 22.4. The van der Waals surface area contributed by atoms with Crippen molar-refractivity contribution >= 4 is 16.6 Å². The van der Waals surface area contributed by atoms with Crippen LogP contribution >= 0.6 is 0 Å². The van der Waals surface area contributed by atoms with Gasteiger partial charge < -0.3 is 5.73 Å². The van der Waals surface area contributed by atoms with Crippen molar-refractivity contribution in [1.29, 1.82) is 0 Å². The number of aromatic nitrogens is 1. The summed E-state index contributed by atoms with van der Waals surface area (Å²) in [7, 11) is 0. The van der Waals surface area contributed by atoms with E-state index < -0.39 is 0 Å². The lowest BCUT2D eigenvalue weighted by atomic mass is 9.81. The molecule has 1 unspecified atom stereocenters. The Hall–Kier alpha value is -2.35. The number of hydrogen-bond acceptors (Lipinski definition) is 2. The van der Waals surface area contributed by atoms with Gasteiger partial charge in [0.2, 0.25) is 0 Å². The smallest absolute Gasteiger partial charge is 0.0863 e. The SMILES string of the molecule is CC1=CCC(C)(C=C(N)c2ccc3ccccc3n2)C=C1. The van der Waals surface area contributed by atoms with Crippen molar-refractivity contribution in [3.8, 4) is 0 Å². The molecule has 1 aliphatic carbocycles. The lowest BCUT2D eigenvalue weighted by Gasteiger charge is -2.24. The van der Waals surface area contributed by atoms with E-state index in [-0.39, 0.29) is 5.41 Å². The van der Waals surface area contributed by atoms with Crippen molar-refractivity contribution in [2.75, 3.05) is 0 Å². The van der Waals surface area contributed by atoms with E-state index in [2.05, 4.69) is 55.3 Å². The van der Waals surface area contributed by atoms with E-state index in [0.29, 0.717) is 0 Å². The summed E-state index contributed by atoms with van der Waals surface area (Å²) >= 11 is 0. The molecule has 0 fully saturated rings. The average Bonchev–Trinajstić information content (AvgIpc) is 2.50. The third kappa shape index (κ3) is 2.89. The molecule has 2 nitrogen and oxygen atoms in total. The molecule has 1 aromatic heterocycles. The van der Waals surface area contributed by atoms with Gasteiger partial charge in [0.25, 0.3) is 0 Å². The Morgan fingerprint density at radius 3 is 2.81 bits per heavy atom. The monoisotopic (exact) mass is 276 g/mol. The highest BCUT2D eigenvalue weighted by molar-refractivity contribution is 5.80. The fourth-order valence-electron chi connectivity index (χ4n) is 2.60. The maximum atomic E-state index is 6.28. The molecule has 21 heavy (non-hydrogen) atoms. The predicted molar refractivity (Wildman–Crippen MR) is 89.5 cm³/mol.